The summed E-state index contributed by atoms with van der Waals surface area (Å²) >= 11 is 0. The third-order valence-electron chi connectivity index (χ3n) is 3.40. The summed E-state index contributed by atoms with van der Waals surface area (Å²) < 4.78 is 50.9. The normalized spacial score (nSPS) is 13.2. The molecule has 0 aliphatic rings. The van der Waals surface area contributed by atoms with E-state index in [0.717, 1.165) is 0 Å². The molecule has 2 heterocycles. The molecule has 0 aromatic carbocycles. The molecule has 0 fully saturated rings. The smallest absolute Gasteiger partial charge is 0.430 e. The van der Waals surface area contributed by atoms with Crippen LogP contribution < -0.4 is 0 Å². The van der Waals surface area contributed by atoms with E-state index < -0.39 is 18.2 Å². The number of hydrogen-bond donors (Lipinski definition) is 0. The van der Waals surface area contributed by atoms with Gasteiger partial charge in [0.1, 0.15) is 0 Å². The molecule has 2 rings (SSSR count). The number of hydrogen-bond acceptors (Lipinski definition) is 4. The lowest BCUT2D eigenvalue weighted by Gasteiger charge is -2.21. The van der Waals surface area contributed by atoms with E-state index >= 15 is 0 Å². The van der Waals surface area contributed by atoms with E-state index in [1.807, 2.05) is 0 Å². The first-order chi connectivity index (χ1) is 10.1. The van der Waals surface area contributed by atoms with Crippen LogP contribution in [0.1, 0.15) is 39.2 Å². The molecule has 0 bridgehead atoms. The quantitative estimate of drug-likeness (QED) is 0.814. The maximum Gasteiger partial charge on any atom is 0.430 e. The van der Waals surface area contributed by atoms with Crippen LogP contribution in [0.4, 0.5) is 13.2 Å². The van der Waals surface area contributed by atoms with Gasteiger partial charge < -0.3 is 9.15 Å². The molecule has 0 spiro atoms. The molecule has 1 atom stereocenters. The van der Waals surface area contributed by atoms with Gasteiger partial charge in [0.25, 0.3) is 0 Å². The van der Waals surface area contributed by atoms with Crippen LogP contribution in [0, 0.1) is 20.8 Å². The minimum Gasteiger partial charge on any atom is -0.457 e. The third-order valence-corrected chi connectivity index (χ3v) is 3.40. The van der Waals surface area contributed by atoms with Crippen LogP contribution in [0.5, 0.6) is 0 Å². The van der Waals surface area contributed by atoms with E-state index in [0.29, 0.717) is 5.56 Å². The molecule has 0 saturated carbocycles. The van der Waals surface area contributed by atoms with Crippen molar-refractivity contribution < 1.29 is 27.1 Å². The summed E-state index contributed by atoms with van der Waals surface area (Å²) in [6.07, 6.45) is -5.93. The molecule has 8 heteroatoms. The fraction of sp³-hybridized carbons (Fsp3) is 0.429. The minimum absolute atomic E-state index is 0.159. The lowest BCUT2D eigenvalue weighted by molar-refractivity contribution is -0.208. The number of aryl methyl sites for hydroxylation is 3. The maximum atomic E-state index is 13.3. The predicted molar refractivity (Wildman–Crippen MR) is 70.3 cm³/mol. The number of furan rings is 1. The van der Waals surface area contributed by atoms with Crippen molar-refractivity contribution >= 4 is 5.97 Å². The Morgan fingerprint density at radius 3 is 2.41 bits per heavy atom. The largest absolute Gasteiger partial charge is 0.457 e. The zero-order valence-electron chi connectivity index (χ0n) is 12.5. The van der Waals surface area contributed by atoms with Crippen molar-refractivity contribution in [2.45, 2.75) is 33.1 Å². The van der Waals surface area contributed by atoms with Crippen LogP contribution in [-0.2, 0) is 11.8 Å². The summed E-state index contributed by atoms with van der Waals surface area (Å²) in [5.41, 5.74) is 0.688. The van der Waals surface area contributed by atoms with Gasteiger partial charge in [0.2, 0.25) is 11.9 Å². The van der Waals surface area contributed by atoms with Crippen LogP contribution in [0.25, 0.3) is 0 Å². The average Bonchev–Trinajstić information content (AvgIpc) is 2.91. The van der Waals surface area contributed by atoms with Crippen molar-refractivity contribution in [1.82, 2.24) is 9.78 Å². The molecule has 0 aliphatic heterocycles. The molecule has 0 aliphatic carbocycles. The van der Waals surface area contributed by atoms with Gasteiger partial charge in [0, 0.05) is 23.9 Å². The van der Waals surface area contributed by atoms with Gasteiger partial charge in [-0.15, -0.1) is 0 Å². The number of ether oxygens (including phenoxy) is 1. The number of alkyl halides is 3. The van der Waals surface area contributed by atoms with E-state index in [1.54, 1.807) is 6.92 Å². The second-order valence-corrected chi connectivity index (χ2v) is 4.97. The number of esters is 1. The second kappa shape index (κ2) is 5.51. The molecule has 120 valence electrons. The molecule has 0 radical (unpaired) electrons. The van der Waals surface area contributed by atoms with Crippen LogP contribution in [0.15, 0.2) is 16.7 Å². The lowest BCUT2D eigenvalue weighted by Crippen LogP contribution is -2.27. The lowest BCUT2D eigenvalue weighted by atomic mass is 10.1. The van der Waals surface area contributed by atoms with Crippen molar-refractivity contribution in [3.63, 3.8) is 0 Å². The van der Waals surface area contributed by atoms with Gasteiger partial charge in [0.05, 0.1) is 12.0 Å². The maximum absolute atomic E-state index is 13.3. The van der Waals surface area contributed by atoms with Gasteiger partial charge in [0.15, 0.2) is 0 Å². The summed E-state index contributed by atoms with van der Waals surface area (Å²) in [6, 6.07) is 1.47. The summed E-state index contributed by atoms with van der Waals surface area (Å²) in [7, 11) is 1.53. The van der Waals surface area contributed by atoms with Crippen molar-refractivity contribution in [3.05, 3.63) is 40.6 Å². The molecule has 5 nitrogen and oxygen atoms in total. The summed E-state index contributed by atoms with van der Waals surface area (Å²) in [5, 5.41) is 3.93. The Kier molecular flexibility index (Phi) is 4.04. The predicted octanol–water partition coefficient (Wildman–Crippen LogP) is 3.40. The Hall–Kier alpha value is -2.25. The first-order valence-electron chi connectivity index (χ1n) is 6.44. The number of nitrogens with zero attached hydrogens (tertiary/aromatic N) is 2. The van der Waals surface area contributed by atoms with E-state index in [9.17, 15) is 18.0 Å². The molecular weight excluding hydrogens is 301 g/mol. The highest BCUT2D eigenvalue weighted by Gasteiger charge is 2.47. The zero-order valence-corrected chi connectivity index (χ0v) is 12.5. The fourth-order valence-corrected chi connectivity index (χ4v) is 2.20. The highest BCUT2D eigenvalue weighted by molar-refractivity contribution is 5.88. The van der Waals surface area contributed by atoms with E-state index in [4.69, 9.17) is 9.15 Å². The molecular formula is C14H15F3N2O3. The minimum atomic E-state index is -4.76. The molecule has 2 aromatic rings. The van der Waals surface area contributed by atoms with Gasteiger partial charge in [-0.2, -0.15) is 18.3 Å². The number of carbonyl (C=O) groups is 1. The summed E-state index contributed by atoms with van der Waals surface area (Å²) in [4.78, 5) is 11.9. The zero-order chi connectivity index (χ0) is 16.7. The highest BCUT2D eigenvalue weighted by Crippen LogP contribution is 2.39. The molecule has 0 amide bonds. The van der Waals surface area contributed by atoms with Crippen LogP contribution in [0.3, 0.4) is 0 Å². The van der Waals surface area contributed by atoms with Gasteiger partial charge >= 0.3 is 12.1 Å². The topological polar surface area (TPSA) is 57.3 Å². The van der Waals surface area contributed by atoms with E-state index in [2.05, 4.69) is 5.10 Å². The Balaban J connectivity index is 2.40. The van der Waals surface area contributed by atoms with Gasteiger partial charge in [-0.25, -0.2) is 4.79 Å². The highest BCUT2D eigenvalue weighted by atomic mass is 19.4. The summed E-state index contributed by atoms with van der Waals surface area (Å²) in [6.45, 7) is 4.47. The SMILES string of the molecule is Cc1ccoc1C(=O)O[C@H](c1c(C)nn(C)c1C)C(F)(F)F. The molecule has 0 unspecified atom stereocenters. The molecule has 0 saturated heterocycles. The standard InChI is InChI=1S/C14H15F3N2O3/c1-7-5-6-21-11(7)13(20)22-12(14(15,16)17)10-8(2)18-19(4)9(10)3/h5-6,12H,1-4H3/t12-/m1/s1. The number of aromatic nitrogens is 2. The number of rotatable bonds is 3. The van der Waals surface area contributed by atoms with Crippen LogP contribution in [-0.4, -0.2) is 21.9 Å². The van der Waals surface area contributed by atoms with E-state index in [-0.39, 0.29) is 22.7 Å². The third kappa shape index (κ3) is 2.86. The van der Waals surface area contributed by atoms with Crippen LogP contribution >= 0.6 is 0 Å². The molecule has 22 heavy (non-hydrogen) atoms. The van der Waals surface area contributed by atoms with Gasteiger partial charge in [-0.1, -0.05) is 0 Å². The Morgan fingerprint density at radius 1 is 1.36 bits per heavy atom. The second-order valence-electron chi connectivity index (χ2n) is 4.97. The van der Waals surface area contributed by atoms with Crippen molar-refractivity contribution in [2.24, 2.45) is 7.05 Å². The Bertz CT molecular complexity index is 701. The Labute approximate surface area is 124 Å². The Morgan fingerprint density at radius 2 is 2.00 bits per heavy atom. The molecule has 0 N–H and O–H groups in total. The molecule has 2 aromatic heterocycles. The van der Waals surface area contributed by atoms with Crippen molar-refractivity contribution in [2.75, 3.05) is 0 Å². The average molecular weight is 316 g/mol. The first-order valence-corrected chi connectivity index (χ1v) is 6.44. The summed E-state index contributed by atoms with van der Waals surface area (Å²) in [5.74, 6) is -1.40. The van der Waals surface area contributed by atoms with Crippen molar-refractivity contribution in [3.8, 4) is 0 Å². The van der Waals surface area contributed by atoms with Crippen molar-refractivity contribution in [1.29, 1.82) is 0 Å². The van der Waals surface area contributed by atoms with Crippen LogP contribution in [0.2, 0.25) is 0 Å². The monoisotopic (exact) mass is 316 g/mol. The van der Waals surface area contributed by atoms with Gasteiger partial charge in [-0.3, -0.25) is 4.68 Å². The first kappa shape index (κ1) is 16.1. The number of halogens is 3. The number of carbonyl (C=O) groups excluding carboxylic acids is 1. The fourth-order valence-electron chi connectivity index (χ4n) is 2.20. The van der Waals surface area contributed by atoms with E-state index in [1.165, 1.54) is 37.9 Å². The van der Waals surface area contributed by atoms with Gasteiger partial charge in [-0.05, 0) is 26.8 Å².